The quantitative estimate of drug-likeness (QED) is 0.574. The van der Waals surface area contributed by atoms with Gasteiger partial charge >= 0.3 is 0 Å². The Bertz CT molecular complexity index is 1010. The molecule has 0 atom stereocenters. The van der Waals surface area contributed by atoms with Gasteiger partial charge in [0, 0.05) is 18.1 Å². The Kier molecular flexibility index (Phi) is 3.78. The number of pyridine rings is 1. The van der Waals surface area contributed by atoms with Gasteiger partial charge in [-0.25, -0.2) is 14.4 Å². The fraction of sp³-hybridized carbons (Fsp3) is 0.118. The van der Waals surface area contributed by atoms with Gasteiger partial charge in [0.2, 0.25) is 5.16 Å². The topological polar surface area (TPSA) is 58.9 Å². The summed E-state index contributed by atoms with van der Waals surface area (Å²) in [4.78, 5) is 8.97. The zero-order valence-electron chi connectivity index (χ0n) is 12.9. The summed E-state index contributed by atoms with van der Waals surface area (Å²) in [7, 11) is 0. The van der Waals surface area contributed by atoms with E-state index < -0.39 is 0 Å². The first-order valence-electron chi connectivity index (χ1n) is 7.44. The van der Waals surface area contributed by atoms with Crippen LogP contribution in [0.5, 0.6) is 0 Å². The highest BCUT2D eigenvalue weighted by Gasteiger charge is 2.11. The van der Waals surface area contributed by atoms with Crippen LogP contribution in [0.1, 0.15) is 11.3 Å². The maximum atomic E-state index is 13.8. The number of H-pyrrole nitrogens is 1. The Labute approximate surface area is 142 Å². The minimum atomic E-state index is -0.318. The van der Waals surface area contributed by atoms with Crippen molar-refractivity contribution in [3.63, 3.8) is 0 Å². The molecule has 7 heteroatoms. The van der Waals surface area contributed by atoms with Gasteiger partial charge in [-0.1, -0.05) is 30.0 Å². The Morgan fingerprint density at radius 1 is 1.17 bits per heavy atom. The highest BCUT2D eigenvalue weighted by Crippen LogP contribution is 2.24. The lowest BCUT2D eigenvalue weighted by atomic mass is 10.2. The number of halogens is 1. The molecule has 0 aliphatic carbocycles. The second-order valence-electron chi connectivity index (χ2n) is 5.39. The van der Waals surface area contributed by atoms with Crippen LogP contribution in [0, 0.1) is 12.7 Å². The molecule has 0 unspecified atom stereocenters. The van der Waals surface area contributed by atoms with Gasteiger partial charge in [-0.2, -0.15) is 0 Å². The van der Waals surface area contributed by atoms with E-state index in [9.17, 15) is 4.39 Å². The molecule has 0 radical (unpaired) electrons. The van der Waals surface area contributed by atoms with Gasteiger partial charge in [0.25, 0.3) is 0 Å². The molecule has 120 valence electrons. The van der Waals surface area contributed by atoms with E-state index in [0.717, 1.165) is 16.9 Å². The van der Waals surface area contributed by atoms with E-state index in [-0.39, 0.29) is 5.82 Å². The van der Waals surface area contributed by atoms with E-state index in [0.29, 0.717) is 22.3 Å². The van der Waals surface area contributed by atoms with Crippen LogP contribution in [-0.4, -0.2) is 24.6 Å². The number of thioether (sulfide) groups is 1. The van der Waals surface area contributed by atoms with E-state index in [1.54, 1.807) is 18.2 Å². The minimum Gasteiger partial charge on any atom is -0.307 e. The molecule has 0 saturated carbocycles. The number of hydrogen-bond donors (Lipinski definition) is 1. The summed E-state index contributed by atoms with van der Waals surface area (Å²) in [5.74, 6) is 0.762. The van der Waals surface area contributed by atoms with Crippen LogP contribution in [0.4, 0.5) is 4.39 Å². The van der Waals surface area contributed by atoms with Crippen LogP contribution < -0.4 is 0 Å². The van der Waals surface area contributed by atoms with Gasteiger partial charge in [0.1, 0.15) is 11.5 Å². The molecule has 0 saturated heterocycles. The van der Waals surface area contributed by atoms with Crippen molar-refractivity contribution >= 4 is 17.4 Å². The fourth-order valence-electron chi connectivity index (χ4n) is 2.50. The summed E-state index contributed by atoms with van der Waals surface area (Å²) in [5, 5.41) is 7.50. The number of aromatic amines is 1. The highest BCUT2D eigenvalue weighted by molar-refractivity contribution is 7.98. The van der Waals surface area contributed by atoms with Crippen molar-refractivity contribution in [1.82, 2.24) is 24.6 Å². The molecule has 5 nitrogen and oxygen atoms in total. The number of aromatic nitrogens is 5. The van der Waals surface area contributed by atoms with Gasteiger partial charge in [-0.15, -0.1) is 5.10 Å². The standard InChI is InChI=1S/C17H14FN5S/c1-11-5-4-8-23-9-12(19-16(11)23)10-24-17-20-15(21-22-17)13-6-2-3-7-14(13)18/h2-9H,10H2,1H3,(H,20,21,22). The summed E-state index contributed by atoms with van der Waals surface area (Å²) < 4.78 is 15.8. The van der Waals surface area contributed by atoms with Crippen molar-refractivity contribution < 1.29 is 4.39 Å². The molecule has 0 amide bonds. The van der Waals surface area contributed by atoms with E-state index in [1.165, 1.54) is 17.8 Å². The maximum absolute atomic E-state index is 13.8. The lowest BCUT2D eigenvalue weighted by Crippen LogP contribution is -1.85. The Balaban J connectivity index is 1.52. The first-order chi connectivity index (χ1) is 11.7. The molecule has 0 bridgehead atoms. The molecule has 1 N–H and O–H groups in total. The zero-order chi connectivity index (χ0) is 16.5. The van der Waals surface area contributed by atoms with Gasteiger partial charge in [0.05, 0.1) is 11.3 Å². The lowest BCUT2D eigenvalue weighted by molar-refractivity contribution is 0.630. The first kappa shape index (κ1) is 14.9. The van der Waals surface area contributed by atoms with Crippen LogP contribution >= 0.6 is 11.8 Å². The van der Waals surface area contributed by atoms with E-state index in [4.69, 9.17) is 0 Å². The molecule has 3 aromatic heterocycles. The summed E-state index contributed by atoms with van der Waals surface area (Å²) in [6.45, 7) is 2.04. The van der Waals surface area contributed by atoms with E-state index >= 15 is 0 Å². The predicted molar refractivity (Wildman–Crippen MR) is 91.3 cm³/mol. The van der Waals surface area contributed by atoms with Crippen LogP contribution in [0.2, 0.25) is 0 Å². The third kappa shape index (κ3) is 2.78. The van der Waals surface area contributed by atoms with Crippen molar-refractivity contribution in [2.45, 2.75) is 17.8 Å². The SMILES string of the molecule is Cc1cccn2cc(CSc3n[nH]c(-c4ccccc4F)n3)nc12. The number of benzene rings is 1. The molecule has 24 heavy (non-hydrogen) atoms. The number of aryl methyl sites for hydroxylation is 1. The zero-order valence-corrected chi connectivity index (χ0v) is 13.7. The van der Waals surface area contributed by atoms with Crippen molar-refractivity contribution in [1.29, 1.82) is 0 Å². The van der Waals surface area contributed by atoms with Crippen LogP contribution in [0.15, 0.2) is 53.9 Å². The molecule has 4 aromatic rings. The van der Waals surface area contributed by atoms with E-state index in [2.05, 4.69) is 20.2 Å². The average molecular weight is 339 g/mol. The second-order valence-corrected chi connectivity index (χ2v) is 6.33. The largest absolute Gasteiger partial charge is 0.307 e. The third-order valence-electron chi connectivity index (χ3n) is 3.67. The van der Waals surface area contributed by atoms with Crippen molar-refractivity contribution in [3.8, 4) is 11.4 Å². The number of hydrogen-bond acceptors (Lipinski definition) is 4. The van der Waals surface area contributed by atoms with Gasteiger partial charge in [-0.05, 0) is 30.7 Å². The van der Waals surface area contributed by atoms with Crippen molar-refractivity contribution in [2.24, 2.45) is 0 Å². The molecular formula is C17H14FN5S. The van der Waals surface area contributed by atoms with Crippen LogP contribution in [-0.2, 0) is 5.75 Å². The Morgan fingerprint density at radius 2 is 2.04 bits per heavy atom. The van der Waals surface area contributed by atoms with Gasteiger partial charge in [-0.3, -0.25) is 5.10 Å². The first-order valence-corrected chi connectivity index (χ1v) is 8.42. The minimum absolute atomic E-state index is 0.318. The molecule has 3 heterocycles. The molecule has 0 aliphatic heterocycles. The van der Waals surface area contributed by atoms with Crippen LogP contribution in [0.25, 0.3) is 17.0 Å². The van der Waals surface area contributed by atoms with Crippen molar-refractivity contribution in [2.75, 3.05) is 0 Å². The average Bonchev–Trinajstić information content (AvgIpc) is 3.20. The molecule has 0 spiro atoms. The summed E-state index contributed by atoms with van der Waals surface area (Å²) in [6.07, 6.45) is 3.98. The second kappa shape index (κ2) is 6.09. The predicted octanol–water partition coefficient (Wildman–Crippen LogP) is 3.86. The Hall–Kier alpha value is -2.67. The normalized spacial score (nSPS) is 11.2. The number of fused-ring (bicyclic) bond motifs is 1. The number of imidazole rings is 1. The molecule has 1 aromatic carbocycles. The smallest absolute Gasteiger partial charge is 0.209 e. The lowest BCUT2D eigenvalue weighted by Gasteiger charge is -1.96. The van der Waals surface area contributed by atoms with Crippen LogP contribution in [0.3, 0.4) is 0 Å². The number of nitrogens with one attached hydrogen (secondary N) is 1. The molecule has 0 aliphatic rings. The summed E-state index contributed by atoms with van der Waals surface area (Å²) in [5.41, 5.74) is 3.45. The third-order valence-corrected chi connectivity index (χ3v) is 4.55. The molecule has 4 rings (SSSR count). The highest BCUT2D eigenvalue weighted by atomic mass is 32.2. The van der Waals surface area contributed by atoms with E-state index in [1.807, 2.05) is 35.9 Å². The summed E-state index contributed by atoms with van der Waals surface area (Å²) in [6, 6.07) is 10.5. The fourth-order valence-corrected chi connectivity index (χ4v) is 3.18. The summed E-state index contributed by atoms with van der Waals surface area (Å²) >= 11 is 1.46. The van der Waals surface area contributed by atoms with Gasteiger partial charge in [0.15, 0.2) is 5.82 Å². The maximum Gasteiger partial charge on any atom is 0.209 e. The number of nitrogens with zero attached hydrogens (tertiary/aromatic N) is 4. The molecular weight excluding hydrogens is 325 g/mol. The molecule has 0 fully saturated rings. The Morgan fingerprint density at radius 3 is 2.88 bits per heavy atom. The van der Waals surface area contributed by atoms with Crippen molar-refractivity contribution in [3.05, 3.63) is 65.9 Å². The number of rotatable bonds is 4. The van der Waals surface area contributed by atoms with Gasteiger partial charge < -0.3 is 4.40 Å². The monoisotopic (exact) mass is 339 g/mol.